The zero-order valence-corrected chi connectivity index (χ0v) is 11.9. The predicted molar refractivity (Wildman–Crippen MR) is 77.5 cm³/mol. The van der Waals surface area contributed by atoms with Crippen LogP contribution >= 0.6 is 0 Å². The van der Waals surface area contributed by atoms with E-state index in [1.54, 1.807) is 13.0 Å². The van der Waals surface area contributed by atoms with Gasteiger partial charge < -0.3 is 5.11 Å². The van der Waals surface area contributed by atoms with E-state index < -0.39 is 21.1 Å². The number of hydrogen-bond donors (Lipinski definition) is 1. The molecule has 4 nitrogen and oxygen atoms in total. The van der Waals surface area contributed by atoms with E-state index in [2.05, 4.69) is 0 Å². The summed E-state index contributed by atoms with van der Waals surface area (Å²) in [5.41, 5.74) is 0. The summed E-state index contributed by atoms with van der Waals surface area (Å²) in [7, 11) is -3.85. The Bertz CT molecular complexity index is 734. The molecule has 0 aliphatic rings. The van der Waals surface area contributed by atoms with Gasteiger partial charge in [-0.2, -0.15) is 0 Å². The number of sulfone groups is 1. The third-order valence-electron chi connectivity index (χ3n) is 3.25. The van der Waals surface area contributed by atoms with E-state index in [0.717, 1.165) is 10.8 Å². The van der Waals surface area contributed by atoms with Crippen molar-refractivity contribution in [2.45, 2.75) is 29.9 Å². The van der Waals surface area contributed by atoms with Gasteiger partial charge in [0, 0.05) is 0 Å². The van der Waals surface area contributed by atoms with Crippen LogP contribution < -0.4 is 0 Å². The minimum absolute atomic E-state index is 0.0667. The third-order valence-corrected chi connectivity index (χ3v) is 5.35. The Hall–Kier alpha value is -1.88. The van der Waals surface area contributed by atoms with Crippen LogP contribution in [0.25, 0.3) is 10.8 Å². The first-order valence-electron chi connectivity index (χ1n) is 6.42. The molecule has 0 aromatic heterocycles. The van der Waals surface area contributed by atoms with Crippen LogP contribution in [0.1, 0.15) is 19.8 Å². The fraction of sp³-hybridized carbons (Fsp3) is 0.267. The van der Waals surface area contributed by atoms with Crippen molar-refractivity contribution in [1.82, 2.24) is 0 Å². The molecule has 0 fully saturated rings. The van der Waals surface area contributed by atoms with Gasteiger partial charge in [-0.25, -0.2) is 8.42 Å². The second-order valence-electron chi connectivity index (χ2n) is 4.67. The van der Waals surface area contributed by atoms with Crippen LogP contribution in [-0.4, -0.2) is 24.7 Å². The molecule has 0 amide bonds. The molecule has 1 atom stereocenters. The molecule has 5 heteroatoms. The molecule has 2 rings (SSSR count). The zero-order chi connectivity index (χ0) is 14.8. The minimum atomic E-state index is -3.85. The Morgan fingerprint density at radius 3 is 2.40 bits per heavy atom. The van der Waals surface area contributed by atoms with E-state index in [4.69, 9.17) is 5.11 Å². The molecule has 0 spiro atoms. The Morgan fingerprint density at radius 2 is 1.80 bits per heavy atom. The SMILES string of the molecule is CCC[C@H](C(=O)O)S(=O)(=O)c1ccc2ccccc2c1. The quantitative estimate of drug-likeness (QED) is 0.919. The van der Waals surface area contributed by atoms with Crippen molar-refractivity contribution in [3.05, 3.63) is 42.5 Å². The van der Waals surface area contributed by atoms with Gasteiger partial charge in [0.2, 0.25) is 0 Å². The number of rotatable bonds is 5. The molecule has 0 saturated heterocycles. The van der Waals surface area contributed by atoms with Crippen LogP contribution in [0, 0.1) is 0 Å². The fourth-order valence-electron chi connectivity index (χ4n) is 2.18. The third kappa shape index (κ3) is 2.67. The molecular formula is C15H16O4S. The highest BCUT2D eigenvalue weighted by atomic mass is 32.2. The van der Waals surface area contributed by atoms with E-state index in [0.29, 0.717) is 6.42 Å². The molecule has 0 unspecified atom stereocenters. The number of carbonyl (C=O) groups is 1. The smallest absolute Gasteiger partial charge is 0.322 e. The first kappa shape index (κ1) is 14.5. The average Bonchev–Trinajstić information content (AvgIpc) is 2.43. The van der Waals surface area contributed by atoms with E-state index >= 15 is 0 Å². The van der Waals surface area contributed by atoms with Gasteiger partial charge in [0.25, 0.3) is 0 Å². The molecule has 0 aliphatic carbocycles. The first-order valence-corrected chi connectivity index (χ1v) is 7.97. The van der Waals surface area contributed by atoms with Gasteiger partial charge in [-0.3, -0.25) is 4.79 Å². The lowest BCUT2D eigenvalue weighted by atomic mass is 10.1. The summed E-state index contributed by atoms with van der Waals surface area (Å²) in [6.45, 7) is 1.77. The van der Waals surface area contributed by atoms with Crippen molar-refractivity contribution in [3.63, 3.8) is 0 Å². The molecule has 0 saturated carbocycles. The van der Waals surface area contributed by atoms with E-state index in [-0.39, 0.29) is 11.3 Å². The van der Waals surface area contributed by atoms with Gasteiger partial charge in [0.15, 0.2) is 15.1 Å². The predicted octanol–water partition coefficient (Wildman–Crippen LogP) is 2.87. The zero-order valence-electron chi connectivity index (χ0n) is 11.1. The summed E-state index contributed by atoms with van der Waals surface area (Å²) in [6, 6.07) is 12.1. The highest BCUT2D eigenvalue weighted by Crippen LogP contribution is 2.24. The van der Waals surface area contributed by atoms with Gasteiger partial charge in [-0.05, 0) is 29.3 Å². The van der Waals surface area contributed by atoms with Gasteiger partial charge in [-0.15, -0.1) is 0 Å². The van der Waals surface area contributed by atoms with Gasteiger partial charge >= 0.3 is 5.97 Å². The van der Waals surface area contributed by atoms with E-state index in [1.807, 2.05) is 24.3 Å². The number of carboxylic acids is 1. The molecular weight excluding hydrogens is 276 g/mol. The highest BCUT2D eigenvalue weighted by molar-refractivity contribution is 7.92. The summed E-state index contributed by atoms with van der Waals surface area (Å²) in [5.74, 6) is -1.29. The normalized spacial score (nSPS) is 13.2. The summed E-state index contributed by atoms with van der Waals surface area (Å²) in [6.07, 6.45) is 0.619. The van der Waals surface area contributed by atoms with Crippen molar-refractivity contribution in [2.75, 3.05) is 0 Å². The van der Waals surface area contributed by atoms with Crippen LogP contribution in [0.4, 0.5) is 0 Å². The number of carboxylic acid groups (broad SMARTS) is 1. The van der Waals surface area contributed by atoms with Crippen LogP contribution in [0.3, 0.4) is 0 Å². The van der Waals surface area contributed by atoms with Crippen LogP contribution in [0.2, 0.25) is 0 Å². The average molecular weight is 292 g/mol. The van der Waals surface area contributed by atoms with Crippen LogP contribution in [-0.2, 0) is 14.6 Å². The van der Waals surface area contributed by atoms with Crippen molar-refractivity contribution in [3.8, 4) is 0 Å². The standard InChI is InChI=1S/C15H16O4S/c1-2-5-14(15(16)17)20(18,19)13-9-8-11-6-3-4-7-12(11)10-13/h3-4,6-10,14H,2,5H2,1H3,(H,16,17)/t14-/m1/s1. The molecule has 0 radical (unpaired) electrons. The molecule has 0 aliphatic heterocycles. The van der Waals surface area contributed by atoms with Crippen molar-refractivity contribution >= 4 is 26.6 Å². The van der Waals surface area contributed by atoms with Crippen LogP contribution in [0.5, 0.6) is 0 Å². The Balaban J connectivity index is 2.52. The molecule has 106 valence electrons. The Morgan fingerprint density at radius 1 is 1.15 bits per heavy atom. The number of hydrogen-bond acceptors (Lipinski definition) is 3. The lowest BCUT2D eigenvalue weighted by Crippen LogP contribution is -2.30. The second-order valence-corrected chi connectivity index (χ2v) is 6.80. The maximum absolute atomic E-state index is 12.4. The largest absolute Gasteiger partial charge is 0.480 e. The first-order chi connectivity index (χ1) is 9.46. The Labute approximate surface area is 118 Å². The molecule has 1 N–H and O–H groups in total. The fourth-order valence-corrected chi connectivity index (χ4v) is 3.87. The van der Waals surface area contributed by atoms with Gasteiger partial charge in [0.05, 0.1) is 4.90 Å². The van der Waals surface area contributed by atoms with E-state index in [9.17, 15) is 13.2 Å². The van der Waals surface area contributed by atoms with Crippen molar-refractivity contribution < 1.29 is 18.3 Å². The molecule has 2 aromatic carbocycles. The topological polar surface area (TPSA) is 71.4 Å². The minimum Gasteiger partial charge on any atom is -0.480 e. The molecule has 20 heavy (non-hydrogen) atoms. The number of fused-ring (bicyclic) bond motifs is 1. The number of benzene rings is 2. The second kappa shape index (κ2) is 5.63. The van der Waals surface area contributed by atoms with Gasteiger partial charge in [0.1, 0.15) is 0 Å². The summed E-state index contributed by atoms with van der Waals surface area (Å²) < 4.78 is 24.9. The molecule has 0 heterocycles. The maximum atomic E-state index is 12.4. The molecule has 2 aromatic rings. The monoisotopic (exact) mass is 292 g/mol. The van der Waals surface area contributed by atoms with Crippen molar-refractivity contribution in [1.29, 1.82) is 0 Å². The lowest BCUT2D eigenvalue weighted by molar-refractivity contribution is -0.136. The van der Waals surface area contributed by atoms with E-state index in [1.165, 1.54) is 12.1 Å². The Kier molecular flexibility index (Phi) is 4.09. The highest BCUT2D eigenvalue weighted by Gasteiger charge is 2.33. The summed E-state index contributed by atoms with van der Waals surface area (Å²) >= 11 is 0. The van der Waals surface area contributed by atoms with Crippen molar-refractivity contribution in [2.24, 2.45) is 0 Å². The lowest BCUT2D eigenvalue weighted by Gasteiger charge is -2.13. The summed E-state index contributed by atoms with van der Waals surface area (Å²) in [5, 5.41) is 9.47. The molecule has 0 bridgehead atoms. The maximum Gasteiger partial charge on any atom is 0.322 e. The number of aliphatic carboxylic acids is 1. The van der Waals surface area contributed by atoms with Gasteiger partial charge in [-0.1, -0.05) is 43.7 Å². The van der Waals surface area contributed by atoms with Crippen LogP contribution in [0.15, 0.2) is 47.4 Å². The summed E-state index contributed by atoms with van der Waals surface area (Å²) in [4.78, 5) is 11.3.